The predicted molar refractivity (Wildman–Crippen MR) is 89.4 cm³/mol. The van der Waals surface area contributed by atoms with Crippen molar-refractivity contribution in [2.24, 2.45) is 0 Å². The Bertz CT molecular complexity index is 392. The lowest BCUT2D eigenvalue weighted by molar-refractivity contribution is 0.528. The molecule has 2 rings (SSSR count). The van der Waals surface area contributed by atoms with E-state index in [0.717, 1.165) is 17.8 Å². The van der Waals surface area contributed by atoms with E-state index >= 15 is 0 Å². The Morgan fingerprint density at radius 2 is 2.11 bits per heavy atom. The first-order valence-corrected chi connectivity index (χ1v) is 9.29. The zero-order chi connectivity index (χ0) is 13.9. The summed E-state index contributed by atoms with van der Waals surface area (Å²) in [6, 6.07) is 5.33. The highest BCUT2D eigenvalue weighted by atomic mass is 32.2. The zero-order valence-corrected chi connectivity index (χ0v) is 14.3. The highest BCUT2D eigenvalue weighted by Gasteiger charge is 2.24. The van der Waals surface area contributed by atoms with E-state index in [2.05, 4.69) is 56.9 Å². The second-order valence-corrected chi connectivity index (χ2v) is 9.23. The van der Waals surface area contributed by atoms with Crippen molar-refractivity contribution < 1.29 is 0 Å². The molecule has 1 aliphatic rings. The van der Waals surface area contributed by atoms with E-state index < -0.39 is 0 Å². The van der Waals surface area contributed by atoms with Crippen molar-refractivity contribution in [1.82, 2.24) is 5.32 Å². The van der Waals surface area contributed by atoms with E-state index in [4.69, 9.17) is 0 Å². The molecule has 3 heteroatoms. The first-order chi connectivity index (χ1) is 8.99. The molecule has 1 nitrogen and oxygen atoms in total. The fraction of sp³-hybridized carbons (Fsp3) is 0.750. The molecule has 1 aromatic rings. The molecule has 1 heterocycles. The minimum atomic E-state index is 0.291. The van der Waals surface area contributed by atoms with E-state index in [1.54, 1.807) is 0 Å². The molecule has 1 fully saturated rings. The molecular formula is C16H27NS2. The molecule has 1 saturated carbocycles. The van der Waals surface area contributed by atoms with Crippen LogP contribution in [0, 0.1) is 0 Å². The fourth-order valence-corrected chi connectivity index (χ4v) is 4.79. The summed E-state index contributed by atoms with van der Waals surface area (Å²) in [6.07, 6.45) is 4.11. The maximum absolute atomic E-state index is 3.75. The number of thiophene rings is 1. The first kappa shape index (κ1) is 15.4. The molecule has 1 N–H and O–H groups in total. The van der Waals surface area contributed by atoms with Crippen LogP contribution in [-0.4, -0.2) is 17.0 Å². The van der Waals surface area contributed by atoms with E-state index in [-0.39, 0.29) is 0 Å². The Labute approximate surface area is 126 Å². The van der Waals surface area contributed by atoms with Gasteiger partial charge in [-0.2, -0.15) is 11.8 Å². The third-order valence-electron chi connectivity index (χ3n) is 3.75. The summed E-state index contributed by atoms with van der Waals surface area (Å²) >= 11 is 4.10. The molecular weight excluding hydrogens is 270 g/mol. The molecule has 2 atom stereocenters. The van der Waals surface area contributed by atoms with Crippen molar-refractivity contribution in [3.05, 3.63) is 21.9 Å². The molecule has 0 amide bonds. The number of thioether (sulfide) groups is 1. The van der Waals surface area contributed by atoms with Gasteiger partial charge in [0.15, 0.2) is 0 Å². The van der Waals surface area contributed by atoms with Crippen molar-refractivity contribution in [3.63, 3.8) is 0 Å². The van der Waals surface area contributed by atoms with Crippen LogP contribution in [0.4, 0.5) is 0 Å². The summed E-state index contributed by atoms with van der Waals surface area (Å²) < 4.78 is 0. The van der Waals surface area contributed by atoms with Crippen LogP contribution < -0.4 is 5.32 Å². The van der Waals surface area contributed by atoms with Crippen molar-refractivity contribution in [2.75, 3.05) is 5.75 Å². The van der Waals surface area contributed by atoms with Crippen molar-refractivity contribution in [3.8, 4) is 0 Å². The molecule has 0 bridgehead atoms. The van der Waals surface area contributed by atoms with Crippen LogP contribution >= 0.6 is 23.1 Å². The predicted octanol–water partition coefficient (Wildman–Crippen LogP) is 4.81. The molecule has 1 aromatic heterocycles. The summed E-state index contributed by atoms with van der Waals surface area (Å²) in [5, 5.41) is 4.65. The van der Waals surface area contributed by atoms with E-state index in [1.165, 1.54) is 34.8 Å². The highest BCUT2D eigenvalue weighted by molar-refractivity contribution is 7.99. The Kier molecular flexibility index (Phi) is 5.38. The van der Waals surface area contributed by atoms with Crippen molar-refractivity contribution in [1.29, 1.82) is 0 Å². The Morgan fingerprint density at radius 1 is 1.32 bits per heavy atom. The van der Waals surface area contributed by atoms with Gasteiger partial charge in [0.25, 0.3) is 0 Å². The van der Waals surface area contributed by atoms with Crippen molar-refractivity contribution >= 4 is 23.1 Å². The molecule has 108 valence electrons. The monoisotopic (exact) mass is 297 g/mol. The van der Waals surface area contributed by atoms with Gasteiger partial charge < -0.3 is 5.32 Å². The summed E-state index contributed by atoms with van der Waals surface area (Å²) in [5.41, 5.74) is 0.291. The van der Waals surface area contributed by atoms with Gasteiger partial charge in [-0.15, -0.1) is 11.3 Å². The maximum atomic E-state index is 3.75. The molecule has 0 aliphatic heterocycles. The normalized spacial score (nSPS) is 24.0. The van der Waals surface area contributed by atoms with Crippen LogP contribution in [0.3, 0.4) is 0 Å². The topological polar surface area (TPSA) is 12.0 Å². The number of nitrogens with one attached hydrogen (secondary N) is 1. The second kappa shape index (κ2) is 6.64. The number of hydrogen-bond acceptors (Lipinski definition) is 3. The largest absolute Gasteiger partial charge is 0.309 e. The molecule has 0 saturated heterocycles. The molecule has 0 spiro atoms. The third kappa shape index (κ3) is 4.51. The molecule has 2 unspecified atom stereocenters. The summed E-state index contributed by atoms with van der Waals surface area (Å²) in [5.74, 6) is 1.26. The van der Waals surface area contributed by atoms with Gasteiger partial charge in [-0.1, -0.05) is 27.7 Å². The standard InChI is InChI=1S/C16H27NS2/c1-5-18-13-7-6-12(10-13)17-11-14-8-9-15(19-14)16(2,3)4/h8-9,12-13,17H,5-7,10-11H2,1-4H3. The number of rotatable bonds is 5. The summed E-state index contributed by atoms with van der Waals surface area (Å²) in [4.78, 5) is 2.98. The smallest absolute Gasteiger partial charge is 0.0302 e. The number of hydrogen-bond donors (Lipinski definition) is 1. The van der Waals surface area contributed by atoms with Crippen LogP contribution in [0.15, 0.2) is 12.1 Å². The summed E-state index contributed by atoms with van der Waals surface area (Å²) in [6.45, 7) is 10.2. The van der Waals surface area contributed by atoms with Gasteiger partial charge in [0.05, 0.1) is 0 Å². The molecule has 19 heavy (non-hydrogen) atoms. The van der Waals surface area contributed by atoms with E-state index in [9.17, 15) is 0 Å². The lowest BCUT2D eigenvalue weighted by Crippen LogP contribution is -2.25. The zero-order valence-electron chi connectivity index (χ0n) is 12.7. The van der Waals surface area contributed by atoms with E-state index in [0.29, 0.717) is 5.41 Å². The Hall–Kier alpha value is 0.01000. The van der Waals surface area contributed by atoms with Crippen LogP contribution in [-0.2, 0) is 12.0 Å². The van der Waals surface area contributed by atoms with Gasteiger partial charge >= 0.3 is 0 Å². The van der Waals surface area contributed by atoms with Crippen LogP contribution in [0.1, 0.15) is 56.7 Å². The van der Waals surface area contributed by atoms with Gasteiger partial charge in [-0.05, 0) is 42.6 Å². The molecule has 0 aromatic carbocycles. The van der Waals surface area contributed by atoms with E-state index in [1.807, 2.05) is 11.3 Å². The second-order valence-electron chi connectivity index (χ2n) is 6.48. The molecule has 1 aliphatic carbocycles. The van der Waals surface area contributed by atoms with Gasteiger partial charge in [-0.3, -0.25) is 0 Å². The minimum Gasteiger partial charge on any atom is -0.309 e. The van der Waals surface area contributed by atoms with Crippen LogP contribution in [0.5, 0.6) is 0 Å². The average Bonchev–Trinajstić information content (AvgIpc) is 2.94. The average molecular weight is 298 g/mol. The Balaban J connectivity index is 1.79. The summed E-state index contributed by atoms with van der Waals surface area (Å²) in [7, 11) is 0. The van der Waals surface area contributed by atoms with Crippen LogP contribution in [0.2, 0.25) is 0 Å². The van der Waals surface area contributed by atoms with Gasteiger partial charge in [-0.25, -0.2) is 0 Å². The minimum absolute atomic E-state index is 0.291. The SMILES string of the molecule is CCSC1CCC(NCc2ccc(C(C)(C)C)s2)C1. The maximum Gasteiger partial charge on any atom is 0.0302 e. The quantitative estimate of drug-likeness (QED) is 0.837. The van der Waals surface area contributed by atoms with Crippen molar-refractivity contribution in [2.45, 2.75) is 70.2 Å². The van der Waals surface area contributed by atoms with Gasteiger partial charge in [0, 0.05) is 27.6 Å². The van der Waals surface area contributed by atoms with Gasteiger partial charge in [0.2, 0.25) is 0 Å². The lowest BCUT2D eigenvalue weighted by Gasteiger charge is -2.15. The lowest BCUT2D eigenvalue weighted by atomic mass is 9.95. The highest BCUT2D eigenvalue weighted by Crippen LogP contribution is 2.31. The Morgan fingerprint density at radius 3 is 2.74 bits per heavy atom. The van der Waals surface area contributed by atoms with Gasteiger partial charge in [0.1, 0.15) is 0 Å². The fourth-order valence-electron chi connectivity index (χ4n) is 2.63. The third-order valence-corrected chi connectivity index (χ3v) is 6.50. The van der Waals surface area contributed by atoms with Crippen LogP contribution in [0.25, 0.3) is 0 Å². The first-order valence-electron chi connectivity index (χ1n) is 7.43. The molecule has 0 radical (unpaired) electrons.